The highest BCUT2D eigenvalue weighted by molar-refractivity contribution is 7.10. The fourth-order valence-electron chi connectivity index (χ4n) is 4.26. The third-order valence-electron chi connectivity index (χ3n) is 5.74. The molecule has 3 N–H and O–H groups in total. The Morgan fingerprint density at radius 2 is 1.93 bits per heavy atom. The second kappa shape index (κ2) is 6.80. The number of aliphatic hydroxyl groups excluding tert-OH is 1. The number of carboxylic acid groups (broad SMARTS) is 1. The van der Waals surface area contributed by atoms with E-state index in [9.17, 15) is 24.6 Å². The van der Waals surface area contributed by atoms with Crippen LogP contribution in [0.4, 0.5) is 5.69 Å². The van der Waals surface area contributed by atoms with Crippen LogP contribution >= 0.6 is 11.3 Å². The molecule has 0 radical (unpaired) electrons. The number of nitrogens with zero attached hydrogens (tertiary/aromatic N) is 1. The number of benzene rings is 1. The molecule has 8 heteroatoms. The molecular weight excluding hydrogens is 380 g/mol. The quantitative estimate of drug-likeness (QED) is 0.658. The van der Waals surface area contributed by atoms with E-state index in [1.165, 1.54) is 11.3 Å². The summed E-state index contributed by atoms with van der Waals surface area (Å²) in [6.07, 6.45) is 0.824. The molecule has 0 bridgehead atoms. The lowest BCUT2D eigenvalue weighted by molar-refractivity contribution is -0.150. The molecule has 1 aromatic carbocycles. The van der Waals surface area contributed by atoms with Gasteiger partial charge in [-0.05, 0) is 35.6 Å². The Hall–Kier alpha value is -2.55. The van der Waals surface area contributed by atoms with E-state index >= 15 is 0 Å². The molecule has 3 heterocycles. The number of aliphatic carboxylic acids is 1. The Morgan fingerprint density at radius 3 is 2.46 bits per heavy atom. The van der Waals surface area contributed by atoms with E-state index in [4.69, 9.17) is 0 Å². The Morgan fingerprint density at radius 1 is 1.21 bits per heavy atom. The van der Waals surface area contributed by atoms with Crippen LogP contribution in [-0.4, -0.2) is 40.1 Å². The van der Waals surface area contributed by atoms with Crippen molar-refractivity contribution in [3.05, 3.63) is 52.2 Å². The maximum atomic E-state index is 13.3. The van der Waals surface area contributed by atoms with Gasteiger partial charge in [0.05, 0.1) is 30.2 Å². The van der Waals surface area contributed by atoms with Crippen molar-refractivity contribution < 1.29 is 24.6 Å². The number of fused-ring (bicyclic) bond motifs is 1. The van der Waals surface area contributed by atoms with Gasteiger partial charge in [-0.1, -0.05) is 25.1 Å². The van der Waals surface area contributed by atoms with Crippen LogP contribution in [0.25, 0.3) is 0 Å². The molecule has 0 spiro atoms. The van der Waals surface area contributed by atoms with Crippen LogP contribution in [0.2, 0.25) is 0 Å². The van der Waals surface area contributed by atoms with E-state index in [1.54, 1.807) is 24.3 Å². The average Bonchev–Trinajstić information content (AvgIpc) is 3.39. The predicted octanol–water partition coefficient (Wildman–Crippen LogP) is 1.58. The summed E-state index contributed by atoms with van der Waals surface area (Å²) in [5, 5.41) is 24.5. The number of imide groups is 1. The van der Waals surface area contributed by atoms with Crippen LogP contribution in [-0.2, 0) is 20.8 Å². The van der Waals surface area contributed by atoms with Gasteiger partial charge in [0, 0.05) is 4.88 Å². The van der Waals surface area contributed by atoms with Gasteiger partial charge in [0.25, 0.3) is 0 Å². The Balaban J connectivity index is 1.81. The average molecular weight is 400 g/mol. The van der Waals surface area contributed by atoms with Crippen molar-refractivity contribution in [1.29, 1.82) is 0 Å². The van der Waals surface area contributed by atoms with Gasteiger partial charge in [-0.15, -0.1) is 11.3 Å². The smallest absolute Gasteiger partial charge is 0.327 e. The summed E-state index contributed by atoms with van der Waals surface area (Å²) in [7, 11) is 0. The number of carbonyl (C=O) groups excluding carboxylic acids is 2. The van der Waals surface area contributed by atoms with Gasteiger partial charge in [-0.25, -0.2) is 4.90 Å². The lowest BCUT2D eigenvalue weighted by atomic mass is 9.80. The highest BCUT2D eigenvalue weighted by Crippen LogP contribution is 2.50. The number of aryl methyl sites for hydroxylation is 1. The van der Waals surface area contributed by atoms with Crippen molar-refractivity contribution in [2.45, 2.75) is 24.9 Å². The van der Waals surface area contributed by atoms with Crippen molar-refractivity contribution in [3.8, 4) is 0 Å². The molecule has 28 heavy (non-hydrogen) atoms. The Labute approximate surface area is 165 Å². The van der Waals surface area contributed by atoms with Gasteiger partial charge >= 0.3 is 5.97 Å². The first-order valence-corrected chi connectivity index (χ1v) is 9.94. The minimum Gasteiger partial charge on any atom is -0.480 e. The molecule has 2 aromatic rings. The lowest BCUT2D eigenvalue weighted by Crippen LogP contribution is -2.58. The number of carbonyl (C=O) groups is 3. The molecule has 2 aliphatic heterocycles. The second-order valence-electron chi connectivity index (χ2n) is 7.11. The van der Waals surface area contributed by atoms with E-state index in [0.717, 1.165) is 21.8 Å². The summed E-state index contributed by atoms with van der Waals surface area (Å²) in [5.74, 6) is -4.45. The van der Waals surface area contributed by atoms with Crippen molar-refractivity contribution in [1.82, 2.24) is 5.32 Å². The summed E-state index contributed by atoms with van der Waals surface area (Å²) in [5.41, 5.74) is -0.412. The van der Waals surface area contributed by atoms with Gasteiger partial charge in [-0.3, -0.25) is 19.7 Å². The van der Waals surface area contributed by atoms with Crippen LogP contribution in [0.15, 0.2) is 41.8 Å². The van der Waals surface area contributed by atoms with Crippen LogP contribution < -0.4 is 10.2 Å². The highest BCUT2D eigenvalue weighted by Gasteiger charge is 2.68. The normalized spacial score (nSPS) is 29.4. The number of hydrogen-bond acceptors (Lipinski definition) is 6. The van der Waals surface area contributed by atoms with Gasteiger partial charge in [0.15, 0.2) is 5.54 Å². The molecule has 146 valence electrons. The first-order chi connectivity index (χ1) is 13.4. The van der Waals surface area contributed by atoms with E-state index in [0.29, 0.717) is 5.69 Å². The lowest BCUT2D eigenvalue weighted by Gasteiger charge is -2.29. The standard InChI is InChI=1S/C20H20N2O5S/c1-2-11-5-7-12(8-6-11)22-17(24)14-15(18(22)25)20(10-23,19(26)27)21-16(14)13-4-3-9-28-13/h3-9,14-16,21,23H,2,10H2,1H3,(H,26,27). The fraction of sp³-hybridized carbons (Fsp3) is 0.350. The summed E-state index contributed by atoms with van der Waals surface area (Å²) in [6, 6.07) is 10.0. The van der Waals surface area contributed by atoms with Crippen molar-refractivity contribution in [2.75, 3.05) is 11.5 Å². The van der Waals surface area contributed by atoms with E-state index < -0.39 is 47.8 Å². The molecule has 0 saturated carbocycles. The molecule has 2 saturated heterocycles. The van der Waals surface area contributed by atoms with Crippen molar-refractivity contribution >= 4 is 34.8 Å². The van der Waals surface area contributed by atoms with E-state index in [-0.39, 0.29) is 0 Å². The first-order valence-electron chi connectivity index (χ1n) is 9.06. The van der Waals surface area contributed by atoms with Gasteiger partial charge in [0.1, 0.15) is 0 Å². The Kier molecular flexibility index (Phi) is 4.57. The first kappa shape index (κ1) is 18.8. The zero-order chi connectivity index (χ0) is 20.1. The topological polar surface area (TPSA) is 107 Å². The Bertz CT molecular complexity index is 927. The third kappa shape index (κ3) is 2.52. The van der Waals surface area contributed by atoms with E-state index in [2.05, 4.69) is 5.32 Å². The number of amides is 2. The molecule has 4 rings (SSSR count). The largest absolute Gasteiger partial charge is 0.480 e. The van der Waals surface area contributed by atoms with E-state index in [1.807, 2.05) is 24.4 Å². The number of carboxylic acids is 1. The number of aliphatic hydroxyl groups is 1. The van der Waals surface area contributed by atoms with Crippen LogP contribution in [0.3, 0.4) is 0 Å². The molecule has 1 aromatic heterocycles. The molecule has 0 aliphatic carbocycles. The van der Waals surface area contributed by atoms with Crippen LogP contribution in [0, 0.1) is 11.8 Å². The minimum atomic E-state index is -1.90. The van der Waals surface area contributed by atoms with Crippen LogP contribution in [0.1, 0.15) is 23.4 Å². The molecular formula is C20H20N2O5S. The molecule has 4 unspecified atom stereocenters. The van der Waals surface area contributed by atoms with Crippen molar-refractivity contribution in [2.24, 2.45) is 11.8 Å². The number of nitrogens with one attached hydrogen (secondary N) is 1. The second-order valence-corrected chi connectivity index (χ2v) is 8.09. The van der Waals surface area contributed by atoms with Gasteiger partial charge in [-0.2, -0.15) is 0 Å². The highest BCUT2D eigenvalue weighted by atomic mass is 32.1. The fourth-order valence-corrected chi connectivity index (χ4v) is 5.08. The predicted molar refractivity (Wildman–Crippen MR) is 103 cm³/mol. The van der Waals surface area contributed by atoms with Gasteiger partial charge < -0.3 is 10.2 Å². The number of anilines is 1. The zero-order valence-corrected chi connectivity index (χ0v) is 16.0. The SMILES string of the molecule is CCc1ccc(N2C(=O)C3C(c4cccs4)NC(CO)(C(=O)O)C3C2=O)cc1. The molecule has 2 amide bonds. The minimum absolute atomic E-state index is 0.420. The molecule has 4 atom stereocenters. The van der Waals surface area contributed by atoms with Crippen molar-refractivity contribution in [3.63, 3.8) is 0 Å². The monoisotopic (exact) mass is 400 g/mol. The number of rotatable bonds is 5. The maximum Gasteiger partial charge on any atom is 0.327 e. The molecule has 7 nitrogen and oxygen atoms in total. The zero-order valence-electron chi connectivity index (χ0n) is 15.2. The summed E-state index contributed by atoms with van der Waals surface area (Å²) < 4.78 is 0. The van der Waals surface area contributed by atoms with Gasteiger partial charge in [0.2, 0.25) is 11.8 Å². The summed E-state index contributed by atoms with van der Waals surface area (Å²) in [4.78, 5) is 40.4. The molecule has 2 aliphatic rings. The summed E-state index contributed by atoms with van der Waals surface area (Å²) >= 11 is 1.38. The number of thiophene rings is 1. The third-order valence-corrected chi connectivity index (χ3v) is 6.69. The number of hydrogen-bond donors (Lipinski definition) is 3. The maximum absolute atomic E-state index is 13.3. The molecule has 2 fully saturated rings. The van der Waals surface area contributed by atoms with Crippen LogP contribution in [0.5, 0.6) is 0 Å². The summed E-state index contributed by atoms with van der Waals surface area (Å²) in [6.45, 7) is 1.22.